The topological polar surface area (TPSA) is 52.6 Å². The number of nitrogens with one attached hydrogen (secondary N) is 2. The summed E-state index contributed by atoms with van der Waals surface area (Å²) in [5, 5.41) is 10.0. The van der Waals surface area contributed by atoms with Crippen LogP contribution in [0.15, 0.2) is 10.4 Å². The molecule has 5 nitrogen and oxygen atoms in total. The Bertz CT molecular complexity index is 504. The van der Waals surface area contributed by atoms with Crippen LogP contribution >= 0.6 is 11.3 Å². The van der Waals surface area contributed by atoms with Crippen LogP contribution in [0.25, 0.3) is 0 Å². The lowest BCUT2D eigenvalue weighted by Gasteiger charge is -2.20. The van der Waals surface area contributed by atoms with Crippen molar-refractivity contribution in [3.05, 3.63) is 16.1 Å². The molecule has 2 N–H and O–H groups in total. The zero-order valence-corrected chi connectivity index (χ0v) is 17.0. The summed E-state index contributed by atoms with van der Waals surface area (Å²) >= 11 is 1.71. The lowest BCUT2D eigenvalue weighted by Crippen LogP contribution is -2.39. The van der Waals surface area contributed by atoms with Crippen LogP contribution in [-0.2, 0) is 6.54 Å². The fourth-order valence-corrected chi connectivity index (χ4v) is 3.90. The molecule has 0 unspecified atom stereocenters. The third-order valence-corrected chi connectivity index (χ3v) is 5.37. The SMILES string of the molecule is CCNC(=NCc1nc(C(C)C)cs1)NCCCN1CCCCCC1. The summed E-state index contributed by atoms with van der Waals surface area (Å²) in [6.45, 7) is 12.7. The smallest absolute Gasteiger partial charge is 0.191 e. The Hall–Kier alpha value is -1.14. The molecule has 1 aromatic rings. The van der Waals surface area contributed by atoms with Crippen LogP contribution in [0, 0.1) is 0 Å². The van der Waals surface area contributed by atoms with Gasteiger partial charge in [0.05, 0.1) is 12.2 Å². The number of rotatable bonds is 8. The maximum atomic E-state index is 4.68. The third kappa shape index (κ3) is 7.74. The van der Waals surface area contributed by atoms with E-state index in [0.717, 1.165) is 24.1 Å². The predicted molar refractivity (Wildman–Crippen MR) is 109 cm³/mol. The summed E-state index contributed by atoms with van der Waals surface area (Å²) in [5.74, 6) is 1.39. The van der Waals surface area contributed by atoms with Crippen molar-refractivity contribution in [2.24, 2.45) is 4.99 Å². The molecule has 25 heavy (non-hydrogen) atoms. The molecule has 142 valence electrons. The minimum atomic E-state index is 0.485. The second kappa shape index (κ2) is 11.5. The third-order valence-electron chi connectivity index (χ3n) is 4.52. The van der Waals surface area contributed by atoms with Crippen molar-refractivity contribution in [3.8, 4) is 0 Å². The van der Waals surface area contributed by atoms with Crippen molar-refractivity contribution in [1.29, 1.82) is 0 Å². The molecule has 1 fully saturated rings. The molecule has 1 aliphatic heterocycles. The van der Waals surface area contributed by atoms with E-state index in [0.29, 0.717) is 12.5 Å². The van der Waals surface area contributed by atoms with Gasteiger partial charge in [0.1, 0.15) is 5.01 Å². The summed E-state index contributed by atoms with van der Waals surface area (Å²) in [6, 6.07) is 0. The summed E-state index contributed by atoms with van der Waals surface area (Å²) < 4.78 is 0. The number of likely N-dealkylation sites (tertiary alicyclic amines) is 1. The predicted octanol–water partition coefficient (Wildman–Crippen LogP) is 3.59. The molecule has 0 radical (unpaired) electrons. The van der Waals surface area contributed by atoms with Gasteiger partial charge in [0.2, 0.25) is 0 Å². The van der Waals surface area contributed by atoms with E-state index < -0.39 is 0 Å². The minimum absolute atomic E-state index is 0.485. The maximum absolute atomic E-state index is 4.68. The van der Waals surface area contributed by atoms with Gasteiger partial charge in [-0.25, -0.2) is 9.98 Å². The zero-order chi connectivity index (χ0) is 17.9. The Morgan fingerprint density at radius 1 is 1.24 bits per heavy atom. The molecule has 1 aliphatic rings. The molecule has 0 spiro atoms. The maximum Gasteiger partial charge on any atom is 0.191 e. The van der Waals surface area contributed by atoms with Gasteiger partial charge >= 0.3 is 0 Å². The standard InChI is InChI=1S/C19H35N5S/c1-4-20-19(22-14-18-23-17(15-25-18)16(2)3)21-10-9-13-24-11-7-5-6-8-12-24/h15-16H,4-14H2,1-3H3,(H2,20,21,22). The number of aliphatic imine (C=N–C) groups is 1. The van der Waals surface area contributed by atoms with Crippen molar-refractivity contribution < 1.29 is 0 Å². The van der Waals surface area contributed by atoms with Crippen molar-refractivity contribution in [2.75, 3.05) is 32.7 Å². The molecular weight excluding hydrogens is 330 g/mol. The number of nitrogens with zero attached hydrogens (tertiary/aromatic N) is 3. The van der Waals surface area contributed by atoms with Crippen molar-refractivity contribution in [1.82, 2.24) is 20.5 Å². The number of hydrogen-bond donors (Lipinski definition) is 2. The van der Waals surface area contributed by atoms with Crippen LogP contribution < -0.4 is 10.6 Å². The van der Waals surface area contributed by atoms with Crippen molar-refractivity contribution >= 4 is 17.3 Å². The Balaban J connectivity index is 1.73. The molecule has 2 rings (SSSR count). The average molecular weight is 366 g/mol. The molecule has 1 saturated heterocycles. The fraction of sp³-hybridized carbons (Fsp3) is 0.789. The zero-order valence-electron chi connectivity index (χ0n) is 16.2. The first-order valence-corrected chi connectivity index (χ1v) is 10.8. The van der Waals surface area contributed by atoms with E-state index in [2.05, 4.69) is 51.7 Å². The molecule has 0 bridgehead atoms. The first-order valence-electron chi connectivity index (χ1n) is 9.88. The van der Waals surface area contributed by atoms with Gasteiger partial charge in [0, 0.05) is 18.5 Å². The summed E-state index contributed by atoms with van der Waals surface area (Å²) in [6.07, 6.45) is 6.70. The van der Waals surface area contributed by atoms with Gasteiger partial charge in [-0.05, 0) is 51.7 Å². The Morgan fingerprint density at radius 3 is 2.64 bits per heavy atom. The van der Waals surface area contributed by atoms with E-state index in [1.807, 2.05) is 0 Å². The number of hydrogen-bond acceptors (Lipinski definition) is 4. The van der Waals surface area contributed by atoms with Gasteiger partial charge in [-0.1, -0.05) is 26.7 Å². The Kier molecular flexibility index (Phi) is 9.26. The highest BCUT2D eigenvalue weighted by Gasteiger charge is 2.08. The van der Waals surface area contributed by atoms with Crippen molar-refractivity contribution in [3.63, 3.8) is 0 Å². The molecule has 2 heterocycles. The largest absolute Gasteiger partial charge is 0.357 e. The molecule has 1 aromatic heterocycles. The number of aromatic nitrogens is 1. The van der Waals surface area contributed by atoms with E-state index in [-0.39, 0.29) is 0 Å². The van der Waals surface area contributed by atoms with Gasteiger partial charge in [-0.3, -0.25) is 0 Å². The second-order valence-electron chi connectivity index (χ2n) is 7.05. The van der Waals surface area contributed by atoms with Gasteiger partial charge in [0.15, 0.2) is 5.96 Å². The molecule has 0 aliphatic carbocycles. The van der Waals surface area contributed by atoms with Crippen LogP contribution in [0.2, 0.25) is 0 Å². The highest BCUT2D eigenvalue weighted by molar-refractivity contribution is 7.09. The van der Waals surface area contributed by atoms with Crippen LogP contribution in [0.3, 0.4) is 0 Å². The number of guanidine groups is 1. The average Bonchev–Trinajstić information content (AvgIpc) is 2.93. The molecule has 6 heteroatoms. The van der Waals surface area contributed by atoms with E-state index in [9.17, 15) is 0 Å². The van der Waals surface area contributed by atoms with Crippen LogP contribution in [-0.4, -0.2) is 48.6 Å². The normalized spacial score (nSPS) is 16.9. The van der Waals surface area contributed by atoms with Crippen LogP contribution in [0.1, 0.15) is 69.5 Å². The lowest BCUT2D eigenvalue weighted by molar-refractivity contribution is 0.282. The fourth-order valence-electron chi connectivity index (χ4n) is 3.02. The van der Waals surface area contributed by atoms with Gasteiger partial charge in [-0.2, -0.15) is 0 Å². The highest BCUT2D eigenvalue weighted by Crippen LogP contribution is 2.18. The number of thiazole rings is 1. The van der Waals surface area contributed by atoms with Crippen molar-refractivity contribution in [2.45, 2.75) is 65.3 Å². The summed E-state index contributed by atoms with van der Waals surface area (Å²) in [4.78, 5) is 12.0. The van der Waals surface area contributed by atoms with Gasteiger partial charge in [-0.15, -0.1) is 11.3 Å². The Labute approximate surface area is 157 Å². The molecular formula is C19H35N5S. The van der Waals surface area contributed by atoms with Gasteiger partial charge < -0.3 is 15.5 Å². The summed E-state index contributed by atoms with van der Waals surface area (Å²) in [5.41, 5.74) is 1.17. The molecule has 0 aromatic carbocycles. The monoisotopic (exact) mass is 365 g/mol. The van der Waals surface area contributed by atoms with Crippen LogP contribution in [0.4, 0.5) is 0 Å². The molecule has 0 amide bonds. The van der Waals surface area contributed by atoms with E-state index in [4.69, 9.17) is 0 Å². The quantitative estimate of drug-likeness (QED) is 0.420. The van der Waals surface area contributed by atoms with Gasteiger partial charge in [0.25, 0.3) is 0 Å². The Morgan fingerprint density at radius 2 is 2.00 bits per heavy atom. The van der Waals surface area contributed by atoms with E-state index in [1.165, 1.54) is 57.4 Å². The summed E-state index contributed by atoms with van der Waals surface area (Å²) in [7, 11) is 0. The minimum Gasteiger partial charge on any atom is -0.357 e. The lowest BCUT2D eigenvalue weighted by atomic mass is 10.2. The highest BCUT2D eigenvalue weighted by atomic mass is 32.1. The van der Waals surface area contributed by atoms with E-state index >= 15 is 0 Å². The first-order chi connectivity index (χ1) is 12.2. The van der Waals surface area contributed by atoms with Crippen LogP contribution in [0.5, 0.6) is 0 Å². The van der Waals surface area contributed by atoms with E-state index in [1.54, 1.807) is 11.3 Å². The molecule has 0 atom stereocenters. The first kappa shape index (κ1) is 20.2. The molecule has 0 saturated carbocycles. The second-order valence-corrected chi connectivity index (χ2v) is 7.99.